The van der Waals surface area contributed by atoms with Gasteiger partial charge in [0.15, 0.2) is 0 Å². The number of hydrogen-bond acceptors (Lipinski definition) is 6. The molecule has 1 fully saturated rings. The van der Waals surface area contributed by atoms with Crippen molar-refractivity contribution < 1.29 is 24.7 Å². The minimum atomic E-state index is -0.951. The number of amides is 1. The number of aliphatic hydroxyl groups excluding tert-OH is 1. The summed E-state index contributed by atoms with van der Waals surface area (Å²) in [5.41, 5.74) is 1.91. The number of ketones is 1. The molecule has 1 atom stereocenters. The maximum Gasteiger partial charge on any atom is 0.300 e. The Hall–Kier alpha value is -4.46. The molecule has 3 aromatic carbocycles. The molecule has 1 saturated heterocycles. The first kappa shape index (κ1) is 21.8. The summed E-state index contributed by atoms with van der Waals surface area (Å²) in [5, 5.41) is 31.7. The fourth-order valence-corrected chi connectivity index (χ4v) is 3.86. The van der Waals surface area contributed by atoms with E-state index < -0.39 is 28.4 Å². The molecule has 0 bridgehead atoms. The number of nitro groups is 1. The Labute approximate surface area is 189 Å². The first-order valence-corrected chi connectivity index (χ1v) is 10.3. The van der Waals surface area contributed by atoms with Gasteiger partial charge in [0.2, 0.25) is 0 Å². The molecular weight excluding hydrogens is 424 g/mol. The Balaban J connectivity index is 1.89. The predicted molar refractivity (Wildman–Crippen MR) is 122 cm³/mol. The minimum Gasteiger partial charge on any atom is -0.508 e. The number of aliphatic hydroxyl groups is 1. The maximum atomic E-state index is 13.1. The van der Waals surface area contributed by atoms with Gasteiger partial charge in [-0.3, -0.25) is 24.6 Å². The number of phenols is 1. The molecule has 8 nitrogen and oxygen atoms in total. The van der Waals surface area contributed by atoms with Gasteiger partial charge in [-0.15, -0.1) is 0 Å². The smallest absolute Gasteiger partial charge is 0.300 e. The largest absolute Gasteiger partial charge is 0.508 e. The number of carbonyl (C=O) groups is 2. The molecule has 1 aliphatic heterocycles. The second-order valence-corrected chi connectivity index (χ2v) is 7.58. The van der Waals surface area contributed by atoms with Gasteiger partial charge in [-0.2, -0.15) is 0 Å². The number of hydrogen-bond donors (Lipinski definition) is 2. The summed E-state index contributed by atoms with van der Waals surface area (Å²) in [6, 6.07) is 17.3. The molecule has 2 N–H and O–H groups in total. The molecule has 1 aliphatic rings. The van der Waals surface area contributed by atoms with Gasteiger partial charge in [0.05, 0.1) is 16.5 Å². The van der Waals surface area contributed by atoms with Crippen molar-refractivity contribution in [2.45, 2.75) is 19.4 Å². The summed E-state index contributed by atoms with van der Waals surface area (Å²) < 4.78 is 0. The van der Waals surface area contributed by atoms with Gasteiger partial charge in [0.25, 0.3) is 17.4 Å². The Kier molecular flexibility index (Phi) is 5.66. The van der Waals surface area contributed by atoms with E-state index in [1.807, 2.05) is 19.1 Å². The molecule has 33 heavy (non-hydrogen) atoms. The average Bonchev–Trinajstić information content (AvgIpc) is 3.09. The maximum absolute atomic E-state index is 13.1. The third-order valence-electron chi connectivity index (χ3n) is 5.63. The summed E-state index contributed by atoms with van der Waals surface area (Å²) in [5.74, 6) is -2.10. The quantitative estimate of drug-likeness (QED) is 0.197. The fourth-order valence-electron chi connectivity index (χ4n) is 3.86. The van der Waals surface area contributed by atoms with Crippen LogP contribution in [0.25, 0.3) is 5.76 Å². The zero-order valence-corrected chi connectivity index (χ0v) is 17.6. The van der Waals surface area contributed by atoms with Crippen LogP contribution in [0.4, 0.5) is 11.4 Å². The first-order valence-electron chi connectivity index (χ1n) is 10.3. The molecule has 1 unspecified atom stereocenters. The number of non-ortho nitro benzene ring substituents is 1. The van der Waals surface area contributed by atoms with E-state index in [2.05, 4.69) is 0 Å². The number of anilines is 1. The highest BCUT2D eigenvalue weighted by molar-refractivity contribution is 6.51. The van der Waals surface area contributed by atoms with Crippen molar-refractivity contribution >= 4 is 28.8 Å². The molecule has 0 saturated carbocycles. The molecule has 4 rings (SSSR count). The lowest BCUT2D eigenvalue weighted by atomic mass is 9.95. The SMILES string of the molecule is CCc1ccc(N2C(=O)C(=O)/C(=C(\O)c3ccc([N+](=O)[O-])cc3)C2c2ccc(O)cc2)cc1. The van der Waals surface area contributed by atoms with Crippen LogP contribution in [-0.4, -0.2) is 26.8 Å². The van der Waals surface area contributed by atoms with Crippen LogP contribution in [0.15, 0.2) is 78.4 Å². The second kappa shape index (κ2) is 8.58. The van der Waals surface area contributed by atoms with E-state index in [9.17, 15) is 29.9 Å². The number of carbonyl (C=O) groups excluding carboxylic acids is 2. The van der Waals surface area contributed by atoms with E-state index in [4.69, 9.17) is 0 Å². The van der Waals surface area contributed by atoms with E-state index >= 15 is 0 Å². The number of aromatic hydroxyl groups is 1. The molecular formula is C25H20N2O6. The van der Waals surface area contributed by atoms with E-state index in [0.717, 1.165) is 12.0 Å². The van der Waals surface area contributed by atoms with Gasteiger partial charge in [0.1, 0.15) is 11.5 Å². The first-order chi connectivity index (χ1) is 15.8. The number of nitro benzene ring substituents is 1. The van der Waals surface area contributed by atoms with Crippen molar-refractivity contribution in [1.29, 1.82) is 0 Å². The van der Waals surface area contributed by atoms with Crippen LogP contribution in [0, 0.1) is 10.1 Å². The summed E-state index contributed by atoms with van der Waals surface area (Å²) in [4.78, 5) is 37.9. The Morgan fingerprint density at radius 2 is 1.58 bits per heavy atom. The molecule has 0 spiro atoms. The Bertz CT molecular complexity index is 1260. The number of rotatable bonds is 5. The summed E-state index contributed by atoms with van der Waals surface area (Å²) in [7, 11) is 0. The van der Waals surface area contributed by atoms with Crippen LogP contribution < -0.4 is 4.90 Å². The van der Waals surface area contributed by atoms with Crippen LogP contribution in [0.2, 0.25) is 0 Å². The van der Waals surface area contributed by atoms with Gasteiger partial charge in [-0.1, -0.05) is 31.2 Å². The van der Waals surface area contributed by atoms with Gasteiger partial charge in [-0.05, 0) is 53.9 Å². The van der Waals surface area contributed by atoms with Gasteiger partial charge in [0, 0.05) is 23.4 Å². The highest BCUT2D eigenvalue weighted by Gasteiger charge is 2.47. The molecule has 8 heteroatoms. The van der Waals surface area contributed by atoms with Crippen LogP contribution in [0.3, 0.4) is 0 Å². The lowest BCUT2D eigenvalue weighted by Gasteiger charge is -2.25. The summed E-state index contributed by atoms with van der Waals surface area (Å²) >= 11 is 0. The monoisotopic (exact) mass is 444 g/mol. The minimum absolute atomic E-state index is 0.0124. The molecule has 166 valence electrons. The molecule has 1 heterocycles. The number of aryl methyl sites for hydroxylation is 1. The number of benzene rings is 3. The number of Topliss-reactive ketones (excluding diaryl/α,β-unsaturated/α-hetero) is 1. The van der Waals surface area contributed by atoms with Crippen LogP contribution in [0.1, 0.15) is 29.7 Å². The highest BCUT2D eigenvalue weighted by atomic mass is 16.6. The van der Waals surface area contributed by atoms with Gasteiger partial charge < -0.3 is 10.2 Å². The number of phenolic OH excluding ortho intramolecular Hbond substituents is 1. The predicted octanol–water partition coefficient (Wildman–Crippen LogP) is 4.49. The molecule has 1 amide bonds. The molecule has 0 radical (unpaired) electrons. The van der Waals surface area contributed by atoms with E-state index in [1.165, 1.54) is 41.3 Å². The van der Waals surface area contributed by atoms with Crippen molar-refractivity contribution in [1.82, 2.24) is 0 Å². The third-order valence-corrected chi connectivity index (χ3v) is 5.63. The second-order valence-electron chi connectivity index (χ2n) is 7.58. The average molecular weight is 444 g/mol. The van der Waals surface area contributed by atoms with Crippen LogP contribution in [-0.2, 0) is 16.0 Å². The zero-order valence-electron chi connectivity index (χ0n) is 17.6. The van der Waals surface area contributed by atoms with Crippen molar-refractivity contribution in [2.75, 3.05) is 4.90 Å². The lowest BCUT2D eigenvalue weighted by molar-refractivity contribution is -0.384. The number of nitrogens with zero attached hydrogens (tertiary/aromatic N) is 2. The van der Waals surface area contributed by atoms with E-state index in [-0.39, 0.29) is 22.6 Å². The fraction of sp³-hybridized carbons (Fsp3) is 0.120. The standard InChI is InChI=1S/C25H20N2O6/c1-2-15-3-9-18(10-4-15)26-22(16-7-13-20(28)14-8-16)21(24(30)25(26)31)23(29)17-5-11-19(12-6-17)27(32)33/h3-14,22,28-29H,2H2,1H3/b23-21-. The molecule has 3 aromatic rings. The van der Waals surface area contributed by atoms with Crippen LogP contribution in [0.5, 0.6) is 5.75 Å². The third kappa shape index (κ3) is 3.94. The molecule has 0 aliphatic carbocycles. The van der Waals surface area contributed by atoms with Crippen molar-refractivity contribution in [3.63, 3.8) is 0 Å². The zero-order chi connectivity index (χ0) is 23.7. The Morgan fingerprint density at radius 3 is 2.12 bits per heavy atom. The molecule has 0 aromatic heterocycles. The highest BCUT2D eigenvalue weighted by Crippen LogP contribution is 2.42. The summed E-state index contributed by atoms with van der Waals surface area (Å²) in [6.45, 7) is 2.00. The van der Waals surface area contributed by atoms with E-state index in [0.29, 0.717) is 11.3 Å². The van der Waals surface area contributed by atoms with Crippen molar-refractivity contribution in [3.8, 4) is 5.75 Å². The van der Waals surface area contributed by atoms with Gasteiger partial charge in [-0.25, -0.2) is 0 Å². The van der Waals surface area contributed by atoms with Crippen LogP contribution >= 0.6 is 0 Å². The lowest BCUT2D eigenvalue weighted by Crippen LogP contribution is -2.29. The van der Waals surface area contributed by atoms with Crippen molar-refractivity contribution in [2.24, 2.45) is 0 Å². The Morgan fingerprint density at radius 1 is 0.970 bits per heavy atom. The van der Waals surface area contributed by atoms with Gasteiger partial charge >= 0.3 is 0 Å². The van der Waals surface area contributed by atoms with E-state index in [1.54, 1.807) is 24.3 Å². The topological polar surface area (TPSA) is 121 Å². The summed E-state index contributed by atoms with van der Waals surface area (Å²) in [6.07, 6.45) is 0.806. The van der Waals surface area contributed by atoms with Crippen molar-refractivity contribution in [3.05, 3.63) is 105 Å². The normalized spacial score (nSPS) is 17.4.